The van der Waals surface area contributed by atoms with Gasteiger partial charge < -0.3 is 10.5 Å². The minimum absolute atomic E-state index is 0.405. The summed E-state index contributed by atoms with van der Waals surface area (Å²) in [6, 6.07) is 0.405. The molecule has 1 aliphatic carbocycles. The van der Waals surface area contributed by atoms with Crippen LogP contribution in [0.25, 0.3) is 0 Å². The Morgan fingerprint density at radius 2 is 1.90 bits per heavy atom. The van der Waals surface area contributed by atoms with E-state index in [2.05, 4.69) is 0 Å². The Morgan fingerprint density at radius 3 is 2.40 bits per heavy atom. The van der Waals surface area contributed by atoms with Crippen LogP contribution in [-0.2, 0) is 4.79 Å². The molecule has 0 amide bonds. The molecule has 0 bridgehead atoms. The lowest BCUT2D eigenvalue weighted by molar-refractivity contribution is -0.108. The predicted octanol–water partition coefficient (Wildman–Crippen LogP) is 1.09. The number of hydrogen-bond acceptors (Lipinski definition) is 2. The van der Waals surface area contributed by atoms with E-state index >= 15 is 0 Å². The zero-order valence-electron chi connectivity index (χ0n) is 6.25. The van der Waals surface area contributed by atoms with E-state index < -0.39 is 0 Å². The fourth-order valence-corrected chi connectivity index (χ4v) is 1.56. The van der Waals surface area contributed by atoms with Crippen LogP contribution in [0.4, 0.5) is 0 Å². The maximum atomic E-state index is 10.1. The van der Waals surface area contributed by atoms with E-state index in [4.69, 9.17) is 5.73 Å². The fourth-order valence-electron chi connectivity index (χ4n) is 1.56. The number of rotatable bonds is 2. The highest BCUT2D eigenvalue weighted by Crippen LogP contribution is 2.24. The smallest absolute Gasteiger partial charge is 0.120 e. The Balaban J connectivity index is 2.19. The molecule has 0 unspecified atom stereocenters. The van der Waals surface area contributed by atoms with Gasteiger partial charge in [0.25, 0.3) is 0 Å². The van der Waals surface area contributed by atoms with Gasteiger partial charge in [0.2, 0.25) is 0 Å². The molecule has 10 heavy (non-hydrogen) atoms. The maximum Gasteiger partial charge on any atom is 0.120 e. The second-order valence-corrected chi connectivity index (χ2v) is 3.18. The van der Waals surface area contributed by atoms with Gasteiger partial charge in [-0.05, 0) is 31.6 Å². The van der Waals surface area contributed by atoms with Gasteiger partial charge in [-0.15, -0.1) is 0 Å². The SMILES string of the molecule is N[C@H]1CC[C@H](CC=O)CC1. The maximum absolute atomic E-state index is 10.1. The van der Waals surface area contributed by atoms with Crippen LogP contribution in [0.2, 0.25) is 0 Å². The molecule has 0 aromatic heterocycles. The van der Waals surface area contributed by atoms with Gasteiger partial charge in [-0.25, -0.2) is 0 Å². The monoisotopic (exact) mass is 141 g/mol. The van der Waals surface area contributed by atoms with Crippen molar-refractivity contribution in [1.82, 2.24) is 0 Å². The molecule has 0 radical (unpaired) electrons. The van der Waals surface area contributed by atoms with E-state index in [9.17, 15) is 4.79 Å². The van der Waals surface area contributed by atoms with Crippen LogP contribution in [0.3, 0.4) is 0 Å². The van der Waals surface area contributed by atoms with Crippen LogP contribution in [-0.4, -0.2) is 12.3 Å². The first-order chi connectivity index (χ1) is 4.83. The molecule has 58 valence electrons. The van der Waals surface area contributed by atoms with Crippen LogP contribution in [0, 0.1) is 5.92 Å². The molecule has 0 heterocycles. The quantitative estimate of drug-likeness (QED) is 0.585. The third-order valence-corrected chi connectivity index (χ3v) is 2.32. The van der Waals surface area contributed by atoms with Crippen molar-refractivity contribution in [3.05, 3.63) is 0 Å². The van der Waals surface area contributed by atoms with Crippen molar-refractivity contribution in [2.24, 2.45) is 11.7 Å². The number of hydrogen-bond donors (Lipinski definition) is 1. The number of nitrogens with two attached hydrogens (primary N) is 1. The second-order valence-electron chi connectivity index (χ2n) is 3.18. The summed E-state index contributed by atoms with van der Waals surface area (Å²) >= 11 is 0. The average molecular weight is 141 g/mol. The van der Waals surface area contributed by atoms with Gasteiger partial charge in [-0.1, -0.05) is 0 Å². The standard InChI is InChI=1S/C8H15NO/c9-8-3-1-7(2-4-8)5-6-10/h6-8H,1-5,9H2/t7-,8-. The van der Waals surface area contributed by atoms with Gasteiger partial charge in [0.1, 0.15) is 6.29 Å². The fraction of sp³-hybridized carbons (Fsp3) is 0.875. The molecule has 1 fully saturated rings. The van der Waals surface area contributed by atoms with Crippen LogP contribution < -0.4 is 5.73 Å². The van der Waals surface area contributed by atoms with Crippen LogP contribution in [0.1, 0.15) is 32.1 Å². The van der Waals surface area contributed by atoms with Crippen molar-refractivity contribution in [3.63, 3.8) is 0 Å². The van der Waals surface area contributed by atoms with Crippen molar-refractivity contribution in [2.75, 3.05) is 0 Å². The Hall–Kier alpha value is -0.370. The summed E-state index contributed by atoms with van der Waals surface area (Å²) in [6.45, 7) is 0. The first kappa shape index (κ1) is 7.73. The lowest BCUT2D eigenvalue weighted by atomic mass is 9.85. The molecule has 2 heteroatoms. The highest BCUT2D eigenvalue weighted by molar-refractivity contribution is 5.49. The average Bonchev–Trinajstić information content (AvgIpc) is 1.95. The van der Waals surface area contributed by atoms with E-state index in [0.29, 0.717) is 12.0 Å². The molecule has 1 saturated carbocycles. The normalized spacial score (nSPS) is 33.7. The first-order valence-corrected chi connectivity index (χ1v) is 4.02. The van der Waals surface area contributed by atoms with Crippen LogP contribution >= 0.6 is 0 Å². The minimum atomic E-state index is 0.405. The van der Waals surface area contributed by atoms with Crippen LogP contribution in [0.5, 0.6) is 0 Å². The Labute approximate surface area is 61.8 Å². The Bertz CT molecular complexity index is 106. The summed E-state index contributed by atoms with van der Waals surface area (Å²) in [5, 5.41) is 0. The zero-order valence-corrected chi connectivity index (χ0v) is 6.25. The number of carbonyl (C=O) groups is 1. The summed E-state index contributed by atoms with van der Waals surface area (Å²) in [4.78, 5) is 10.1. The highest BCUT2D eigenvalue weighted by Gasteiger charge is 2.17. The topological polar surface area (TPSA) is 43.1 Å². The van der Waals surface area contributed by atoms with Gasteiger partial charge in [0.15, 0.2) is 0 Å². The predicted molar refractivity (Wildman–Crippen MR) is 40.6 cm³/mol. The van der Waals surface area contributed by atoms with E-state index in [1.54, 1.807) is 0 Å². The van der Waals surface area contributed by atoms with Gasteiger partial charge in [0, 0.05) is 12.5 Å². The molecule has 0 spiro atoms. The Kier molecular flexibility index (Phi) is 2.87. The van der Waals surface area contributed by atoms with Gasteiger partial charge >= 0.3 is 0 Å². The van der Waals surface area contributed by atoms with Crippen molar-refractivity contribution in [3.8, 4) is 0 Å². The lowest BCUT2D eigenvalue weighted by Gasteiger charge is -2.24. The molecule has 1 rings (SSSR count). The van der Waals surface area contributed by atoms with Crippen molar-refractivity contribution >= 4 is 6.29 Å². The molecular weight excluding hydrogens is 126 g/mol. The van der Waals surface area contributed by atoms with Crippen molar-refractivity contribution < 1.29 is 4.79 Å². The third kappa shape index (κ3) is 2.10. The highest BCUT2D eigenvalue weighted by atomic mass is 16.1. The molecule has 2 N–H and O–H groups in total. The van der Waals surface area contributed by atoms with E-state index in [0.717, 1.165) is 38.4 Å². The molecule has 0 aromatic rings. The summed E-state index contributed by atoms with van der Waals surface area (Å²) < 4.78 is 0. The summed E-state index contributed by atoms with van der Waals surface area (Å²) in [5.74, 6) is 0.636. The molecule has 2 nitrogen and oxygen atoms in total. The van der Waals surface area contributed by atoms with E-state index in [1.165, 1.54) is 0 Å². The lowest BCUT2D eigenvalue weighted by Crippen LogP contribution is -2.26. The molecule has 0 aliphatic heterocycles. The minimum Gasteiger partial charge on any atom is -0.328 e. The summed E-state index contributed by atoms with van der Waals surface area (Å²) in [7, 11) is 0. The van der Waals surface area contributed by atoms with Crippen molar-refractivity contribution in [2.45, 2.75) is 38.1 Å². The van der Waals surface area contributed by atoms with Crippen LogP contribution in [0.15, 0.2) is 0 Å². The molecule has 0 aromatic carbocycles. The van der Waals surface area contributed by atoms with Gasteiger partial charge in [0.05, 0.1) is 0 Å². The van der Waals surface area contributed by atoms with Gasteiger partial charge in [-0.3, -0.25) is 0 Å². The van der Waals surface area contributed by atoms with E-state index in [-0.39, 0.29) is 0 Å². The second kappa shape index (κ2) is 3.71. The van der Waals surface area contributed by atoms with Crippen molar-refractivity contribution in [1.29, 1.82) is 0 Å². The molecule has 0 atom stereocenters. The zero-order chi connectivity index (χ0) is 7.40. The largest absolute Gasteiger partial charge is 0.328 e. The van der Waals surface area contributed by atoms with E-state index in [1.807, 2.05) is 0 Å². The molecule has 1 aliphatic rings. The van der Waals surface area contributed by atoms with Gasteiger partial charge in [-0.2, -0.15) is 0 Å². The molecule has 0 saturated heterocycles. The first-order valence-electron chi connectivity index (χ1n) is 4.02. The number of aldehydes is 1. The third-order valence-electron chi connectivity index (χ3n) is 2.32. The number of carbonyl (C=O) groups excluding carboxylic acids is 1. The summed E-state index contributed by atoms with van der Waals surface area (Å²) in [5.41, 5.74) is 5.70. The molecular formula is C8H15NO. The Morgan fingerprint density at radius 1 is 1.30 bits per heavy atom. The summed E-state index contributed by atoms with van der Waals surface area (Å²) in [6.07, 6.45) is 6.30.